The van der Waals surface area contributed by atoms with Crippen LogP contribution in [0.4, 0.5) is 14.5 Å². The Kier molecular flexibility index (Phi) is 4.74. The second-order valence-electron chi connectivity index (χ2n) is 6.94. The van der Waals surface area contributed by atoms with Gasteiger partial charge in [0.1, 0.15) is 5.82 Å². The first-order valence-corrected chi connectivity index (χ1v) is 9.33. The Morgan fingerprint density at radius 1 is 1.27 bits per heavy atom. The first-order chi connectivity index (χ1) is 14.1. The highest BCUT2D eigenvalue weighted by Crippen LogP contribution is 2.44. The minimum Gasteiger partial charge on any atom is -0.423 e. The number of rotatable bonds is 3. The van der Waals surface area contributed by atoms with Crippen molar-refractivity contribution in [2.75, 3.05) is 4.90 Å². The van der Waals surface area contributed by atoms with Crippen molar-refractivity contribution in [3.63, 3.8) is 0 Å². The van der Waals surface area contributed by atoms with Gasteiger partial charge >= 0.3 is 12.0 Å². The van der Waals surface area contributed by atoms with Gasteiger partial charge in [-0.2, -0.15) is 8.78 Å². The van der Waals surface area contributed by atoms with Gasteiger partial charge in [-0.25, -0.2) is 4.98 Å². The summed E-state index contributed by atoms with van der Waals surface area (Å²) in [5, 5.41) is 10.5. The molecule has 1 amide bonds. The summed E-state index contributed by atoms with van der Waals surface area (Å²) in [6, 6.07) is 8.93. The Hall–Kier alpha value is -3.04. The normalized spacial score (nSPS) is 16.3. The van der Waals surface area contributed by atoms with Crippen LogP contribution in [-0.4, -0.2) is 26.7 Å². The molecule has 1 N–H and O–H groups in total. The standard InChI is InChI=1S/C20H16ClF2N3O4/c1-10(27)12-4-3-5-15-17(12)30-20(22,23)19(29)26(15)9-16-24-14-7-6-11(21)8-13(14)18(28)25(16)2/h3-8,10,27H,9H2,1-2H3/t10-/m0/s1. The van der Waals surface area contributed by atoms with E-state index in [4.69, 9.17) is 11.6 Å². The maximum absolute atomic E-state index is 14.4. The van der Waals surface area contributed by atoms with E-state index >= 15 is 0 Å². The van der Waals surface area contributed by atoms with Gasteiger partial charge < -0.3 is 9.84 Å². The van der Waals surface area contributed by atoms with Crippen molar-refractivity contribution in [2.24, 2.45) is 7.05 Å². The molecule has 0 spiro atoms. The summed E-state index contributed by atoms with van der Waals surface area (Å²) in [5.74, 6) is -1.80. The fraction of sp³-hybridized carbons (Fsp3) is 0.250. The summed E-state index contributed by atoms with van der Waals surface area (Å²) in [6.07, 6.45) is -5.24. The molecule has 0 unspecified atom stereocenters. The first-order valence-electron chi connectivity index (χ1n) is 8.95. The minimum atomic E-state index is -4.14. The van der Waals surface area contributed by atoms with Crippen molar-refractivity contribution in [1.29, 1.82) is 0 Å². The van der Waals surface area contributed by atoms with E-state index in [1.165, 1.54) is 48.9 Å². The first kappa shape index (κ1) is 20.2. The Labute approximate surface area is 174 Å². The molecule has 0 fully saturated rings. The third kappa shape index (κ3) is 3.20. The number of aliphatic hydroxyl groups is 1. The molecule has 3 aromatic rings. The summed E-state index contributed by atoms with van der Waals surface area (Å²) in [7, 11) is 1.43. The molecule has 1 aliphatic rings. The number of nitrogens with zero attached hydrogens (tertiary/aromatic N) is 3. The molecule has 1 atom stereocenters. The summed E-state index contributed by atoms with van der Waals surface area (Å²) in [6.45, 7) is 0.996. The number of alkyl halides is 2. The molecule has 0 saturated heterocycles. The van der Waals surface area contributed by atoms with Crippen molar-refractivity contribution >= 4 is 34.1 Å². The van der Waals surface area contributed by atoms with E-state index in [1.54, 1.807) is 6.07 Å². The number of aliphatic hydroxyl groups excluding tert-OH is 1. The molecule has 0 aliphatic carbocycles. The molecule has 4 rings (SSSR count). The quantitative estimate of drug-likeness (QED) is 0.683. The zero-order valence-corrected chi connectivity index (χ0v) is 16.7. The number of amides is 1. The molecule has 30 heavy (non-hydrogen) atoms. The largest absolute Gasteiger partial charge is 0.483 e. The van der Waals surface area contributed by atoms with E-state index in [2.05, 4.69) is 9.72 Å². The molecule has 0 radical (unpaired) electrons. The number of anilines is 1. The molecule has 2 heterocycles. The van der Waals surface area contributed by atoms with Crippen LogP contribution in [0.2, 0.25) is 5.02 Å². The van der Waals surface area contributed by atoms with Crippen molar-refractivity contribution in [3.8, 4) is 5.75 Å². The molecule has 10 heteroatoms. The van der Waals surface area contributed by atoms with Gasteiger partial charge in [0.25, 0.3) is 5.56 Å². The average molecular weight is 436 g/mol. The van der Waals surface area contributed by atoms with Crippen LogP contribution in [0.15, 0.2) is 41.2 Å². The number of hydrogen-bond donors (Lipinski definition) is 1. The van der Waals surface area contributed by atoms with Crippen molar-refractivity contribution in [1.82, 2.24) is 9.55 Å². The van der Waals surface area contributed by atoms with Gasteiger partial charge in [0.15, 0.2) is 5.75 Å². The molecule has 0 bridgehead atoms. The van der Waals surface area contributed by atoms with Gasteiger partial charge in [-0.3, -0.25) is 19.1 Å². The van der Waals surface area contributed by atoms with E-state index < -0.39 is 30.2 Å². The molecule has 7 nitrogen and oxygen atoms in total. The zero-order chi connectivity index (χ0) is 21.8. The maximum Gasteiger partial charge on any atom is 0.483 e. The van der Waals surface area contributed by atoms with Crippen LogP contribution in [0.25, 0.3) is 10.9 Å². The fourth-order valence-electron chi connectivity index (χ4n) is 3.36. The molecule has 2 aromatic carbocycles. The third-order valence-electron chi connectivity index (χ3n) is 4.92. The number of halogens is 3. The Morgan fingerprint density at radius 2 is 2.00 bits per heavy atom. The van der Waals surface area contributed by atoms with Crippen molar-refractivity contribution < 1.29 is 23.4 Å². The van der Waals surface area contributed by atoms with E-state index in [9.17, 15) is 23.5 Å². The number of carbonyl (C=O) groups is 1. The van der Waals surface area contributed by atoms with Crippen LogP contribution in [-0.2, 0) is 18.4 Å². The average Bonchev–Trinajstić information content (AvgIpc) is 2.69. The SMILES string of the molecule is C[C@H](O)c1cccc2c1OC(F)(F)C(=O)N2Cc1nc2ccc(Cl)cc2c(=O)n1C. The number of aromatic nitrogens is 2. The van der Waals surface area contributed by atoms with Gasteiger partial charge in [-0.05, 0) is 31.2 Å². The van der Waals surface area contributed by atoms with Crippen LogP contribution in [0.1, 0.15) is 24.4 Å². The maximum atomic E-state index is 14.4. The highest BCUT2D eigenvalue weighted by Gasteiger charge is 2.51. The Morgan fingerprint density at radius 3 is 2.70 bits per heavy atom. The lowest BCUT2D eigenvalue weighted by Gasteiger charge is -2.34. The molecule has 0 saturated carbocycles. The van der Waals surface area contributed by atoms with Gasteiger partial charge in [0.2, 0.25) is 0 Å². The number of para-hydroxylation sites is 1. The van der Waals surface area contributed by atoms with Crippen LogP contribution in [0.5, 0.6) is 5.75 Å². The molecular weight excluding hydrogens is 420 g/mol. The fourth-order valence-corrected chi connectivity index (χ4v) is 3.53. The van der Waals surface area contributed by atoms with Crippen molar-refractivity contribution in [2.45, 2.75) is 25.7 Å². The highest BCUT2D eigenvalue weighted by atomic mass is 35.5. The van der Waals surface area contributed by atoms with E-state index in [1.807, 2.05) is 0 Å². The number of ether oxygens (including phenoxy) is 1. The van der Waals surface area contributed by atoms with Gasteiger partial charge in [-0.1, -0.05) is 23.7 Å². The van der Waals surface area contributed by atoms with E-state index in [0.717, 1.165) is 4.90 Å². The summed E-state index contributed by atoms with van der Waals surface area (Å²) in [5.41, 5.74) is 0.0558. The van der Waals surface area contributed by atoms with Gasteiger partial charge in [-0.15, -0.1) is 0 Å². The molecule has 1 aromatic heterocycles. The number of hydrogen-bond acceptors (Lipinski definition) is 5. The molecule has 156 valence electrons. The van der Waals surface area contributed by atoms with Gasteiger partial charge in [0, 0.05) is 17.6 Å². The lowest BCUT2D eigenvalue weighted by Crippen LogP contribution is -2.51. The van der Waals surface area contributed by atoms with E-state index in [-0.39, 0.29) is 28.2 Å². The predicted octanol–water partition coefficient (Wildman–Crippen LogP) is 3.16. The predicted molar refractivity (Wildman–Crippen MR) is 106 cm³/mol. The third-order valence-corrected chi connectivity index (χ3v) is 5.15. The molecular formula is C20H16ClF2N3O4. The summed E-state index contributed by atoms with van der Waals surface area (Å²) in [4.78, 5) is 30.3. The summed E-state index contributed by atoms with van der Waals surface area (Å²) >= 11 is 5.94. The van der Waals surface area contributed by atoms with E-state index in [0.29, 0.717) is 10.5 Å². The number of fused-ring (bicyclic) bond motifs is 2. The highest BCUT2D eigenvalue weighted by molar-refractivity contribution is 6.31. The zero-order valence-electron chi connectivity index (χ0n) is 15.9. The monoisotopic (exact) mass is 435 g/mol. The minimum absolute atomic E-state index is 0.0507. The summed E-state index contributed by atoms with van der Waals surface area (Å²) < 4.78 is 34.5. The lowest BCUT2D eigenvalue weighted by atomic mass is 10.1. The van der Waals surface area contributed by atoms with Crippen LogP contribution in [0.3, 0.4) is 0 Å². The van der Waals surface area contributed by atoms with Crippen molar-refractivity contribution in [3.05, 3.63) is 63.2 Å². The van der Waals surface area contributed by atoms with Gasteiger partial charge in [0.05, 0.1) is 29.2 Å². The smallest absolute Gasteiger partial charge is 0.423 e. The second-order valence-corrected chi connectivity index (χ2v) is 7.37. The number of benzene rings is 2. The molecule has 1 aliphatic heterocycles. The topological polar surface area (TPSA) is 84.7 Å². The van der Waals surface area contributed by atoms with Crippen LogP contribution >= 0.6 is 11.6 Å². The number of carbonyl (C=O) groups excluding carboxylic acids is 1. The van der Waals surface area contributed by atoms with Crippen LogP contribution in [0, 0.1) is 0 Å². The second kappa shape index (κ2) is 7.03. The Balaban J connectivity index is 1.87. The lowest BCUT2D eigenvalue weighted by molar-refractivity contribution is -0.193. The Bertz CT molecular complexity index is 1240. The van der Waals surface area contributed by atoms with Crippen LogP contribution < -0.4 is 15.2 Å².